The van der Waals surface area contributed by atoms with Crippen molar-refractivity contribution < 1.29 is 9.13 Å². The van der Waals surface area contributed by atoms with E-state index < -0.39 is 3.49 Å². The van der Waals surface area contributed by atoms with Gasteiger partial charge in [-0.2, -0.15) is 0 Å². The van der Waals surface area contributed by atoms with Crippen molar-refractivity contribution in [1.82, 2.24) is 0 Å². The van der Waals surface area contributed by atoms with E-state index in [4.69, 9.17) is 4.74 Å². The smallest absolute Gasteiger partial charge is 0.241 e. The van der Waals surface area contributed by atoms with Gasteiger partial charge in [0.2, 0.25) is 3.49 Å². The Balaban J connectivity index is 2.18. The minimum Gasteiger partial charge on any atom is -0.372 e. The molecule has 0 atom stereocenters. The van der Waals surface area contributed by atoms with Crippen LogP contribution < -0.4 is 0 Å². The van der Waals surface area contributed by atoms with Crippen LogP contribution >= 0.6 is 31.9 Å². The van der Waals surface area contributed by atoms with Crippen LogP contribution in [0.4, 0.5) is 4.39 Å². The first-order valence-corrected chi connectivity index (χ1v) is 6.91. The van der Waals surface area contributed by atoms with Gasteiger partial charge in [-0.05, 0) is 50.3 Å². The molecule has 0 saturated heterocycles. The third kappa shape index (κ3) is 7.68. The van der Waals surface area contributed by atoms with Gasteiger partial charge in [0.25, 0.3) is 0 Å². The standard InChI is InChI=1S/C13H15Br2FO/c1-11(9-17-10-13(14,15)16)7-8-12-5-3-2-4-6-12/h2-6H,1,7-10H2. The molecule has 0 N–H and O–H groups in total. The molecular weight excluding hydrogens is 351 g/mol. The van der Waals surface area contributed by atoms with Crippen molar-refractivity contribution in [1.29, 1.82) is 0 Å². The van der Waals surface area contributed by atoms with Crippen molar-refractivity contribution in [2.24, 2.45) is 0 Å². The van der Waals surface area contributed by atoms with E-state index in [1.807, 2.05) is 18.2 Å². The van der Waals surface area contributed by atoms with Crippen LogP contribution in [0.5, 0.6) is 0 Å². The third-order valence-corrected chi connectivity index (χ3v) is 2.64. The van der Waals surface area contributed by atoms with E-state index in [-0.39, 0.29) is 6.61 Å². The summed E-state index contributed by atoms with van der Waals surface area (Å²) >= 11 is 5.60. The summed E-state index contributed by atoms with van der Waals surface area (Å²) in [5.41, 5.74) is 2.24. The van der Waals surface area contributed by atoms with E-state index in [0.717, 1.165) is 18.4 Å². The number of halogens is 3. The molecule has 0 aliphatic heterocycles. The predicted octanol–water partition coefficient (Wildman–Crippen LogP) is 4.61. The highest BCUT2D eigenvalue weighted by atomic mass is 79.9. The molecule has 0 saturated carbocycles. The number of alkyl halides is 3. The van der Waals surface area contributed by atoms with E-state index >= 15 is 0 Å². The van der Waals surface area contributed by atoms with Gasteiger partial charge in [0.1, 0.15) is 6.61 Å². The zero-order chi connectivity index (χ0) is 12.7. The fourth-order valence-electron chi connectivity index (χ4n) is 1.35. The van der Waals surface area contributed by atoms with E-state index in [0.29, 0.717) is 6.61 Å². The molecule has 0 heterocycles. The normalized spacial score (nSPS) is 11.5. The maximum Gasteiger partial charge on any atom is 0.241 e. The second-order valence-corrected chi connectivity index (χ2v) is 7.42. The Labute approximate surface area is 118 Å². The number of hydrogen-bond acceptors (Lipinski definition) is 1. The second kappa shape index (κ2) is 7.29. The van der Waals surface area contributed by atoms with Gasteiger partial charge in [-0.25, -0.2) is 4.39 Å². The lowest BCUT2D eigenvalue weighted by Crippen LogP contribution is -2.14. The van der Waals surface area contributed by atoms with Crippen LogP contribution in [0.3, 0.4) is 0 Å². The molecule has 94 valence electrons. The quantitative estimate of drug-likeness (QED) is 0.506. The van der Waals surface area contributed by atoms with Crippen LogP contribution in [0.1, 0.15) is 12.0 Å². The number of rotatable bonds is 7. The van der Waals surface area contributed by atoms with Crippen molar-refractivity contribution in [3.8, 4) is 0 Å². The molecule has 1 aromatic rings. The van der Waals surface area contributed by atoms with Crippen LogP contribution in [-0.4, -0.2) is 16.7 Å². The zero-order valence-corrected chi connectivity index (χ0v) is 12.6. The highest BCUT2D eigenvalue weighted by molar-refractivity contribution is 9.25. The maximum atomic E-state index is 13.0. The van der Waals surface area contributed by atoms with E-state index in [2.05, 4.69) is 50.6 Å². The lowest BCUT2D eigenvalue weighted by molar-refractivity contribution is 0.120. The SMILES string of the molecule is C=C(CCc1ccccc1)COCC(F)(Br)Br. The molecular formula is C13H15Br2FO. The molecule has 0 spiro atoms. The monoisotopic (exact) mass is 364 g/mol. The van der Waals surface area contributed by atoms with E-state index in [1.54, 1.807) is 0 Å². The van der Waals surface area contributed by atoms with Crippen molar-refractivity contribution in [3.63, 3.8) is 0 Å². The Kier molecular flexibility index (Phi) is 6.38. The van der Waals surface area contributed by atoms with Crippen LogP contribution in [0.2, 0.25) is 0 Å². The topological polar surface area (TPSA) is 9.23 Å². The van der Waals surface area contributed by atoms with Crippen molar-refractivity contribution >= 4 is 31.9 Å². The third-order valence-electron chi connectivity index (χ3n) is 2.18. The first kappa shape index (κ1) is 14.9. The van der Waals surface area contributed by atoms with Crippen molar-refractivity contribution in [2.75, 3.05) is 13.2 Å². The molecule has 0 amide bonds. The summed E-state index contributed by atoms with van der Waals surface area (Å²) in [5.74, 6) is 0. The van der Waals surface area contributed by atoms with Crippen molar-refractivity contribution in [3.05, 3.63) is 48.0 Å². The van der Waals surface area contributed by atoms with Gasteiger partial charge in [-0.3, -0.25) is 0 Å². The van der Waals surface area contributed by atoms with E-state index in [9.17, 15) is 4.39 Å². The Bertz CT molecular complexity index is 346. The van der Waals surface area contributed by atoms with E-state index in [1.165, 1.54) is 5.56 Å². The summed E-state index contributed by atoms with van der Waals surface area (Å²) in [6.07, 6.45) is 1.79. The predicted molar refractivity (Wildman–Crippen MR) is 76.4 cm³/mol. The first-order chi connectivity index (χ1) is 7.97. The molecule has 0 unspecified atom stereocenters. The lowest BCUT2D eigenvalue weighted by atomic mass is 10.1. The Morgan fingerprint density at radius 1 is 1.29 bits per heavy atom. The van der Waals surface area contributed by atoms with Gasteiger partial charge in [-0.15, -0.1) is 0 Å². The number of benzene rings is 1. The van der Waals surface area contributed by atoms with Crippen molar-refractivity contribution in [2.45, 2.75) is 16.3 Å². The maximum absolute atomic E-state index is 13.0. The highest BCUT2D eigenvalue weighted by Crippen LogP contribution is 2.27. The molecule has 0 aliphatic carbocycles. The molecule has 0 radical (unpaired) electrons. The lowest BCUT2D eigenvalue weighted by Gasteiger charge is -2.12. The highest BCUT2D eigenvalue weighted by Gasteiger charge is 2.20. The van der Waals surface area contributed by atoms with Crippen LogP contribution in [-0.2, 0) is 11.2 Å². The number of ether oxygens (including phenoxy) is 1. The molecule has 1 nitrogen and oxygen atoms in total. The molecule has 1 aromatic carbocycles. The van der Waals surface area contributed by atoms with Gasteiger partial charge >= 0.3 is 0 Å². The van der Waals surface area contributed by atoms with Gasteiger partial charge in [0.15, 0.2) is 0 Å². The fourth-order valence-corrected chi connectivity index (χ4v) is 1.67. The first-order valence-electron chi connectivity index (χ1n) is 5.32. The Hall–Kier alpha value is -0.190. The molecule has 17 heavy (non-hydrogen) atoms. The molecule has 1 rings (SSSR count). The molecule has 4 heteroatoms. The minimum atomic E-state index is -1.64. The molecule has 0 aliphatic rings. The summed E-state index contributed by atoms with van der Waals surface area (Å²) in [4.78, 5) is 0. The zero-order valence-electron chi connectivity index (χ0n) is 9.46. The molecule has 0 aromatic heterocycles. The summed E-state index contributed by atoms with van der Waals surface area (Å²) < 4.78 is 16.5. The Morgan fingerprint density at radius 3 is 2.53 bits per heavy atom. The molecule has 0 bridgehead atoms. The summed E-state index contributed by atoms with van der Waals surface area (Å²) in [5, 5.41) is 0. The number of hydrogen-bond donors (Lipinski definition) is 0. The minimum absolute atomic E-state index is 0.0443. The number of aryl methyl sites for hydroxylation is 1. The summed E-state index contributed by atoms with van der Waals surface area (Å²) in [6, 6.07) is 10.2. The van der Waals surface area contributed by atoms with Crippen LogP contribution in [0.25, 0.3) is 0 Å². The van der Waals surface area contributed by atoms with Crippen LogP contribution in [0, 0.1) is 0 Å². The van der Waals surface area contributed by atoms with Crippen LogP contribution in [0.15, 0.2) is 42.5 Å². The summed E-state index contributed by atoms with van der Waals surface area (Å²) in [6.45, 7) is 4.25. The molecule has 0 fully saturated rings. The Morgan fingerprint density at radius 2 is 1.94 bits per heavy atom. The van der Waals surface area contributed by atoms with Gasteiger partial charge in [-0.1, -0.05) is 42.5 Å². The average molecular weight is 366 g/mol. The summed E-state index contributed by atoms with van der Waals surface area (Å²) in [7, 11) is 0. The van der Waals surface area contributed by atoms with Gasteiger partial charge in [0.05, 0.1) is 6.61 Å². The largest absolute Gasteiger partial charge is 0.372 e. The van der Waals surface area contributed by atoms with Gasteiger partial charge in [0, 0.05) is 0 Å². The fraction of sp³-hybridized carbons (Fsp3) is 0.385. The average Bonchev–Trinajstić information content (AvgIpc) is 2.26. The van der Waals surface area contributed by atoms with Gasteiger partial charge < -0.3 is 4.74 Å². The second-order valence-electron chi connectivity index (χ2n) is 3.84.